The van der Waals surface area contributed by atoms with Gasteiger partial charge >= 0.3 is 5.97 Å². The predicted octanol–water partition coefficient (Wildman–Crippen LogP) is 3.26. The van der Waals surface area contributed by atoms with Crippen LogP contribution in [0.1, 0.15) is 17.2 Å². The second-order valence-corrected chi connectivity index (χ2v) is 7.11. The van der Waals surface area contributed by atoms with Gasteiger partial charge in [0.2, 0.25) is 0 Å². The molecule has 0 aliphatic heterocycles. The molecule has 2 heterocycles. The average Bonchev–Trinajstić information content (AvgIpc) is 3.16. The molecule has 4 aromatic rings. The molecule has 0 aliphatic rings. The van der Waals surface area contributed by atoms with Crippen molar-refractivity contribution in [3.05, 3.63) is 77.9 Å². The number of aryl methyl sites for hydroxylation is 2. The number of rotatable bonds is 7. The standard InChI is InChI=1S/C23H21N5O4/c1-15-11-16(2)28-23(24-15)26-20(27-28)13-22(30)31-14-21(29)25-17-7-6-10-19(12-17)32-18-8-4-3-5-9-18/h3-12H,13-14H2,1-2H3,(H,25,29). The SMILES string of the molecule is Cc1cc(C)n2nc(CC(=O)OCC(=O)Nc3cccc(Oc4ccccc4)c3)nc2n1. The van der Waals surface area contributed by atoms with Crippen molar-refractivity contribution in [1.82, 2.24) is 19.6 Å². The van der Waals surface area contributed by atoms with E-state index < -0.39 is 18.5 Å². The van der Waals surface area contributed by atoms with Gasteiger partial charge < -0.3 is 14.8 Å². The van der Waals surface area contributed by atoms with Crippen molar-refractivity contribution in [2.45, 2.75) is 20.3 Å². The number of nitrogens with one attached hydrogen (secondary N) is 1. The molecule has 0 spiro atoms. The van der Waals surface area contributed by atoms with Crippen LogP contribution in [0.5, 0.6) is 11.5 Å². The minimum atomic E-state index is -0.605. The summed E-state index contributed by atoms with van der Waals surface area (Å²) in [5.74, 6) is 0.884. The number of aromatic nitrogens is 4. The first-order chi connectivity index (χ1) is 15.5. The van der Waals surface area contributed by atoms with Crippen molar-refractivity contribution in [3.8, 4) is 11.5 Å². The third-order valence-electron chi connectivity index (χ3n) is 4.43. The van der Waals surface area contributed by atoms with Crippen molar-refractivity contribution in [2.24, 2.45) is 0 Å². The van der Waals surface area contributed by atoms with Crippen LogP contribution in [-0.4, -0.2) is 38.1 Å². The zero-order valence-corrected chi connectivity index (χ0v) is 17.6. The number of benzene rings is 2. The van der Waals surface area contributed by atoms with Gasteiger partial charge in [-0.2, -0.15) is 4.98 Å². The lowest BCUT2D eigenvalue weighted by molar-refractivity contribution is -0.146. The molecule has 0 fully saturated rings. The Morgan fingerprint density at radius 3 is 2.56 bits per heavy atom. The first-order valence-electron chi connectivity index (χ1n) is 9.94. The molecule has 32 heavy (non-hydrogen) atoms. The average molecular weight is 431 g/mol. The van der Waals surface area contributed by atoms with Gasteiger partial charge in [0.05, 0.1) is 0 Å². The summed E-state index contributed by atoms with van der Waals surface area (Å²) in [6, 6.07) is 18.1. The zero-order valence-electron chi connectivity index (χ0n) is 17.6. The minimum absolute atomic E-state index is 0.157. The number of para-hydroxylation sites is 1. The van der Waals surface area contributed by atoms with Crippen LogP contribution < -0.4 is 10.1 Å². The Bertz CT molecular complexity index is 1270. The molecule has 2 aromatic heterocycles. The van der Waals surface area contributed by atoms with E-state index in [2.05, 4.69) is 20.4 Å². The van der Waals surface area contributed by atoms with Crippen LogP contribution in [0.4, 0.5) is 5.69 Å². The zero-order chi connectivity index (χ0) is 22.5. The number of esters is 1. The van der Waals surface area contributed by atoms with Gasteiger partial charge in [0.25, 0.3) is 11.7 Å². The molecule has 2 aromatic carbocycles. The quantitative estimate of drug-likeness (QED) is 0.448. The van der Waals surface area contributed by atoms with Crippen LogP contribution in [0, 0.1) is 13.8 Å². The van der Waals surface area contributed by atoms with E-state index in [0.717, 1.165) is 11.4 Å². The summed E-state index contributed by atoms with van der Waals surface area (Å²) in [5.41, 5.74) is 2.20. The van der Waals surface area contributed by atoms with Crippen LogP contribution in [0.25, 0.3) is 5.78 Å². The highest BCUT2D eigenvalue weighted by Gasteiger charge is 2.14. The topological polar surface area (TPSA) is 108 Å². The second-order valence-electron chi connectivity index (χ2n) is 7.11. The molecule has 0 atom stereocenters. The Hall–Kier alpha value is -4.27. The summed E-state index contributed by atoms with van der Waals surface area (Å²) >= 11 is 0. The van der Waals surface area contributed by atoms with E-state index in [-0.39, 0.29) is 12.2 Å². The van der Waals surface area contributed by atoms with Gasteiger partial charge in [0.15, 0.2) is 12.4 Å². The van der Waals surface area contributed by atoms with E-state index in [1.165, 1.54) is 0 Å². The van der Waals surface area contributed by atoms with Crippen molar-refractivity contribution in [1.29, 1.82) is 0 Å². The number of hydrogen-bond acceptors (Lipinski definition) is 7. The molecule has 0 bridgehead atoms. The Balaban J connectivity index is 1.30. The van der Waals surface area contributed by atoms with E-state index >= 15 is 0 Å². The summed E-state index contributed by atoms with van der Waals surface area (Å²) in [7, 11) is 0. The van der Waals surface area contributed by atoms with Gasteiger partial charge in [-0.05, 0) is 44.2 Å². The number of nitrogens with zero attached hydrogens (tertiary/aromatic N) is 4. The molecule has 162 valence electrons. The summed E-state index contributed by atoms with van der Waals surface area (Å²) in [6.07, 6.45) is -0.157. The van der Waals surface area contributed by atoms with Gasteiger partial charge in [-0.3, -0.25) is 9.59 Å². The maximum absolute atomic E-state index is 12.2. The van der Waals surface area contributed by atoms with Crippen LogP contribution in [0.15, 0.2) is 60.7 Å². The van der Waals surface area contributed by atoms with Crippen LogP contribution in [-0.2, 0) is 20.7 Å². The van der Waals surface area contributed by atoms with Gasteiger partial charge in [-0.1, -0.05) is 24.3 Å². The number of ether oxygens (including phenoxy) is 2. The largest absolute Gasteiger partial charge is 0.457 e. The Kier molecular flexibility index (Phi) is 6.07. The molecule has 0 aliphatic carbocycles. The van der Waals surface area contributed by atoms with E-state index in [4.69, 9.17) is 9.47 Å². The van der Waals surface area contributed by atoms with Crippen molar-refractivity contribution in [3.63, 3.8) is 0 Å². The van der Waals surface area contributed by atoms with Gasteiger partial charge in [-0.25, -0.2) is 9.50 Å². The van der Waals surface area contributed by atoms with E-state index in [1.807, 2.05) is 50.2 Å². The summed E-state index contributed by atoms with van der Waals surface area (Å²) < 4.78 is 12.4. The molecule has 9 nitrogen and oxygen atoms in total. The van der Waals surface area contributed by atoms with Gasteiger partial charge in [-0.15, -0.1) is 5.10 Å². The van der Waals surface area contributed by atoms with Gasteiger partial charge in [0, 0.05) is 23.1 Å². The highest BCUT2D eigenvalue weighted by atomic mass is 16.5. The summed E-state index contributed by atoms with van der Waals surface area (Å²) in [5, 5.41) is 6.94. The Morgan fingerprint density at radius 2 is 1.75 bits per heavy atom. The van der Waals surface area contributed by atoms with E-state index in [1.54, 1.807) is 28.8 Å². The number of carbonyl (C=O) groups is 2. The van der Waals surface area contributed by atoms with Crippen molar-refractivity contribution >= 4 is 23.3 Å². The van der Waals surface area contributed by atoms with E-state index in [9.17, 15) is 9.59 Å². The number of hydrogen-bond donors (Lipinski definition) is 1. The lowest BCUT2D eigenvalue weighted by Gasteiger charge is -2.09. The summed E-state index contributed by atoms with van der Waals surface area (Å²) in [6.45, 7) is 3.31. The summed E-state index contributed by atoms with van der Waals surface area (Å²) in [4.78, 5) is 32.8. The Morgan fingerprint density at radius 1 is 0.969 bits per heavy atom. The fraction of sp³-hybridized carbons (Fsp3) is 0.174. The van der Waals surface area contributed by atoms with Crippen LogP contribution in [0.3, 0.4) is 0 Å². The number of carbonyl (C=O) groups excluding carboxylic acids is 2. The second kappa shape index (κ2) is 9.25. The number of amides is 1. The maximum Gasteiger partial charge on any atom is 0.314 e. The van der Waals surface area contributed by atoms with Crippen LogP contribution >= 0.6 is 0 Å². The molecule has 0 saturated carbocycles. The molecule has 0 radical (unpaired) electrons. The lowest BCUT2D eigenvalue weighted by Crippen LogP contribution is -2.21. The third-order valence-corrected chi connectivity index (χ3v) is 4.43. The number of anilines is 1. The van der Waals surface area contributed by atoms with Gasteiger partial charge in [0.1, 0.15) is 17.9 Å². The molecule has 1 amide bonds. The fourth-order valence-corrected chi connectivity index (χ4v) is 3.07. The smallest absolute Gasteiger partial charge is 0.314 e. The molecule has 4 rings (SSSR count). The van der Waals surface area contributed by atoms with Crippen molar-refractivity contribution < 1.29 is 19.1 Å². The Labute approximate surface area is 184 Å². The fourth-order valence-electron chi connectivity index (χ4n) is 3.07. The maximum atomic E-state index is 12.2. The molecular formula is C23H21N5O4. The van der Waals surface area contributed by atoms with E-state index in [0.29, 0.717) is 23.0 Å². The molecule has 9 heteroatoms. The molecular weight excluding hydrogens is 410 g/mol. The first kappa shape index (κ1) is 21.0. The van der Waals surface area contributed by atoms with Crippen molar-refractivity contribution in [2.75, 3.05) is 11.9 Å². The monoisotopic (exact) mass is 431 g/mol. The van der Waals surface area contributed by atoms with Crippen LogP contribution in [0.2, 0.25) is 0 Å². The third kappa shape index (κ3) is 5.25. The predicted molar refractivity (Wildman–Crippen MR) is 117 cm³/mol. The molecule has 0 saturated heterocycles. The highest BCUT2D eigenvalue weighted by molar-refractivity contribution is 5.93. The lowest BCUT2D eigenvalue weighted by atomic mass is 10.3. The molecule has 0 unspecified atom stereocenters. The first-order valence-corrected chi connectivity index (χ1v) is 9.94. The highest BCUT2D eigenvalue weighted by Crippen LogP contribution is 2.23. The molecule has 1 N–H and O–H groups in total. The minimum Gasteiger partial charge on any atom is -0.457 e. The normalized spacial score (nSPS) is 10.7. The number of fused-ring (bicyclic) bond motifs is 1.